The minimum Gasteiger partial charge on any atom is -0.461 e. The molecule has 0 bridgehead atoms. The van der Waals surface area contributed by atoms with Crippen LogP contribution in [0.4, 0.5) is 0 Å². The van der Waals surface area contributed by atoms with Gasteiger partial charge in [-0.15, -0.1) is 0 Å². The lowest BCUT2D eigenvalue weighted by Gasteiger charge is -2.38. The Hall–Kier alpha value is -1.66. The van der Waals surface area contributed by atoms with Gasteiger partial charge in [-0.1, -0.05) is 5.16 Å². The number of piperidine rings is 1. The summed E-state index contributed by atoms with van der Waals surface area (Å²) in [7, 11) is 2.03. The van der Waals surface area contributed by atoms with Gasteiger partial charge in [-0.3, -0.25) is 4.90 Å². The van der Waals surface area contributed by atoms with Gasteiger partial charge in [-0.25, -0.2) is 0 Å². The van der Waals surface area contributed by atoms with E-state index in [1.165, 1.54) is 0 Å². The molecule has 0 amide bonds. The second kappa shape index (κ2) is 5.38. The molecule has 6 heteroatoms. The highest BCUT2D eigenvalue weighted by molar-refractivity contribution is 5.44. The van der Waals surface area contributed by atoms with E-state index in [-0.39, 0.29) is 5.54 Å². The second-order valence-electron chi connectivity index (χ2n) is 5.58. The number of rotatable bonds is 4. The van der Waals surface area contributed by atoms with E-state index in [1.54, 1.807) is 6.26 Å². The molecule has 1 aliphatic rings. The van der Waals surface area contributed by atoms with E-state index < -0.39 is 0 Å². The standard InChI is InChI=1S/C14H20N4O2/c1-14(15-2)5-7-18(8-6-14)10-12-16-13(17-20-12)11-4-3-9-19-11/h3-4,9,15H,5-8,10H2,1-2H3. The lowest BCUT2D eigenvalue weighted by molar-refractivity contribution is 0.133. The van der Waals surface area contributed by atoms with Crippen LogP contribution in [0.25, 0.3) is 11.6 Å². The Morgan fingerprint density at radius 2 is 2.20 bits per heavy atom. The first-order chi connectivity index (χ1) is 9.68. The Labute approximate surface area is 118 Å². The first-order valence-corrected chi connectivity index (χ1v) is 6.96. The van der Waals surface area contributed by atoms with Crippen LogP contribution in [0.5, 0.6) is 0 Å². The summed E-state index contributed by atoms with van der Waals surface area (Å²) in [6.07, 6.45) is 3.86. The van der Waals surface area contributed by atoms with Gasteiger partial charge in [-0.05, 0) is 38.9 Å². The van der Waals surface area contributed by atoms with Crippen molar-refractivity contribution in [1.82, 2.24) is 20.4 Å². The van der Waals surface area contributed by atoms with Crippen molar-refractivity contribution in [3.05, 3.63) is 24.3 Å². The van der Waals surface area contributed by atoms with Crippen LogP contribution in [0, 0.1) is 0 Å². The molecule has 108 valence electrons. The monoisotopic (exact) mass is 276 g/mol. The summed E-state index contributed by atoms with van der Waals surface area (Å²) in [5, 5.41) is 7.35. The molecule has 2 aromatic heterocycles. The highest BCUT2D eigenvalue weighted by Gasteiger charge is 2.28. The van der Waals surface area contributed by atoms with Gasteiger partial charge in [0.1, 0.15) is 0 Å². The summed E-state index contributed by atoms with van der Waals surface area (Å²) in [4.78, 5) is 6.72. The van der Waals surface area contributed by atoms with Crippen LogP contribution in [0.3, 0.4) is 0 Å². The van der Waals surface area contributed by atoms with E-state index in [0.29, 0.717) is 24.0 Å². The minimum atomic E-state index is 0.255. The Kier molecular flexibility index (Phi) is 3.58. The molecule has 3 heterocycles. The normalized spacial score (nSPS) is 19.3. The number of likely N-dealkylation sites (tertiary alicyclic amines) is 1. The zero-order chi connectivity index (χ0) is 14.0. The molecule has 0 atom stereocenters. The van der Waals surface area contributed by atoms with Crippen molar-refractivity contribution in [3.8, 4) is 11.6 Å². The fraction of sp³-hybridized carbons (Fsp3) is 0.571. The summed E-state index contributed by atoms with van der Waals surface area (Å²) in [5.74, 6) is 1.80. The van der Waals surface area contributed by atoms with Gasteiger partial charge in [0.2, 0.25) is 11.7 Å². The van der Waals surface area contributed by atoms with Gasteiger partial charge in [0.05, 0.1) is 12.8 Å². The number of hydrogen-bond donors (Lipinski definition) is 1. The molecule has 3 rings (SSSR count). The molecule has 0 aromatic carbocycles. The Morgan fingerprint density at radius 1 is 1.40 bits per heavy atom. The van der Waals surface area contributed by atoms with Gasteiger partial charge in [-0.2, -0.15) is 4.98 Å². The molecule has 0 spiro atoms. The first-order valence-electron chi connectivity index (χ1n) is 6.96. The van der Waals surface area contributed by atoms with Crippen LogP contribution < -0.4 is 5.32 Å². The fourth-order valence-electron chi connectivity index (χ4n) is 2.47. The zero-order valence-corrected chi connectivity index (χ0v) is 11.9. The van der Waals surface area contributed by atoms with Gasteiger partial charge in [0, 0.05) is 18.6 Å². The molecular weight excluding hydrogens is 256 g/mol. The first kappa shape index (κ1) is 13.3. The summed E-state index contributed by atoms with van der Waals surface area (Å²) >= 11 is 0. The van der Waals surface area contributed by atoms with Crippen molar-refractivity contribution in [3.63, 3.8) is 0 Å². The van der Waals surface area contributed by atoms with Crippen LogP contribution in [-0.4, -0.2) is 40.7 Å². The van der Waals surface area contributed by atoms with Gasteiger partial charge in [0.15, 0.2) is 5.76 Å². The second-order valence-corrected chi connectivity index (χ2v) is 5.58. The lowest BCUT2D eigenvalue weighted by Crippen LogP contribution is -2.49. The van der Waals surface area contributed by atoms with Crippen LogP contribution in [-0.2, 0) is 6.54 Å². The number of aromatic nitrogens is 2. The molecule has 6 nitrogen and oxygen atoms in total. The molecule has 1 fully saturated rings. The summed E-state index contributed by atoms with van der Waals surface area (Å²) in [6, 6.07) is 3.64. The van der Waals surface area contributed by atoms with Crippen molar-refractivity contribution in [2.24, 2.45) is 0 Å². The molecule has 0 radical (unpaired) electrons. The number of furan rings is 1. The van der Waals surface area contributed by atoms with Crippen LogP contribution in [0.15, 0.2) is 27.3 Å². The predicted molar refractivity (Wildman–Crippen MR) is 74.0 cm³/mol. The van der Waals surface area contributed by atoms with Crippen LogP contribution in [0.1, 0.15) is 25.7 Å². The maximum atomic E-state index is 5.29. The van der Waals surface area contributed by atoms with Crippen molar-refractivity contribution in [1.29, 1.82) is 0 Å². The SMILES string of the molecule is CNC1(C)CCN(Cc2nc(-c3ccco3)no2)CC1. The lowest BCUT2D eigenvalue weighted by atomic mass is 9.90. The summed E-state index contributed by atoms with van der Waals surface area (Å²) in [6.45, 7) is 5.05. The van der Waals surface area contributed by atoms with Crippen LogP contribution >= 0.6 is 0 Å². The topological polar surface area (TPSA) is 67.3 Å². The smallest absolute Gasteiger partial charge is 0.241 e. The number of nitrogens with one attached hydrogen (secondary N) is 1. The van der Waals surface area contributed by atoms with E-state index in [4.69, 9.17) is 8.94 Å². The van der Waals surface area contributed by atoms with Crippen molar-refractivity contribution in [2.75, 3.05) is 20.1 Å². The fourth-order valence-corrected chi connectivity index (χ4v) is 2.47. The molecule has 20 heavy (non-hydrogen) atoms. The quantitative estimate of drug-likeness (QED) is 0.920. The van der Waals surface area contributed by atoms with Crippen molar-refractivity contribution >= 4 is 0 Å². The molecule has 0 unspecified atom stereocenters. The van der Waals surface area contributed by atoms with E-state index in [2.05, 4.69) is 27.3 Å². The van der Waals surface area contributed by atoms with Gasteiger partial charge >= 0.3 is 0 Å². The maximum absolute atomic E-state index is 5.29. The molecule has 0 aliphatic carbocycles. The third kappa shape index (κ3) is 2.76. The van der Waals surface area contributed by atoms with Crippen molar-refractivity contribution < 1.29 is 8.94 Å². The Bertz CT molecular complexity index is 541. The third-order valence-electron chi connectivity index (χ3n) is 4.13. The van der Waals surface area contributed by atoms with Gasteiger partial charge < -0.3 is 14.3 Å². The molecular formula is C14H20N4O2. The third-order valence-corrected chi connectivity index (χ3v) is 4.13. The van der Waals surface area contributed by atoms with E-state index in [1.807, 2.05) is 19.2 Å². The number of nitrogens with zero attached hydrogens (tertiary/aromatic N) is 3. The van der Waals surface area contributed by atoms with E-state index in [9.17, 15) is 0 Å². The number of hydrogen-bond acceptors (Lipinski definition) is 6. The van der Waals surface area contributed by atoms with E-state index in [0.717, 1.165) is 25.9 Å². The molecule has 1 N–H and O–H groups in total. The average molecular weight is 276 g/mol. The van der Waals surface area contributed by atoms with Crippen LogP contribution in [0.2, 0.25) is 0 Å². The predicted octanol–water partition coefficient (Wildman–Crippen LogP) is 1.90. The Balaban J connectivity index is 1.59. The minimum absolute atomic E-state index is 0.255. The molecule has 0 saturated carbocycles. The summed E-state index contributed by atoms with van der Waals surface area (Å²) in [5.41, 5.74) is 0.255. The highest BCUT2D eigenvalue weighted by atomic mass is 16.5. The van der Waals surface area contributed by atoms with Crippen molar-refractivity contribution in [2.45, 2.75) is 31.8 Å². The molecule has 2 aromatic rings. The highest BCUT2D eigenvalue weighted by Crippen LogP contribution is 2.23. The molecule has 1 aliphatic heterocycles. The molecule has 1 saturated heterocycles. The van der Waals surface area contributed by atoms with Gasteiger partial charge in [0.25, 0.3) is 0 Å². The zero-order valence-electron chi connectivity index (χ0n) is 11.9. The summed E-state index contributed by atoms with van der Waals surface area (Å²) < 4.78 is 10.5. The van der Waals surface area contributed by atoms with E-state index >= 15 is 0 Å². The Morgan fingerprint density at radius 3 is 2.85 bits per heavy atom. The largest absolute Gasteiger partial charge is 0.461 e. The maximum Gasteiger partial charge on any atom is 0.241 e. The average Bonchev–Trinajstić information content (AvgIpc) is 3.12.